The van der Waals surface area contributed by atoms with Crippen LogP contribution in [0.25, 0.3) is 0 Å². The summed E-state index contributed by atoms with van der Waals surface area (Å²) in [6.07, 6.45) is 0. The molecule has 0 heterocycles. The Bertz CT molecular complexity index is 428. The number of nitrogens with one attached hydrogen (secondary N) is 1. The van der Waals surface area contributed by atoms with Gasteiger partial charge in [0.1, 0.15) is 5.75 Å². The van der Waals surface area contributed by atoms with Gasteiger partial charge < -0.3 is 15.0 Å². The third kappa shape index (κ3) is 4.08. The maximum atomic E-state index is 11.8. The van der Waals surface area contributed by atoms with Gasteiger partial charge in [-0.25, -0.2) is 4.79 Å². The molecule has 0 fully saturated rings. The zero-order valence-electron chi connectivity index (χ0n) is 10.9. The monoisotopic (exact) mass is 250 g/mol. The van der Waals surface area contributed by atoms with Crippen LogP contribution in [0.4, 0.5) is 10.5 Å². The predicted molar refractivity (Wildman–Crippen MR) is 69.7 cm³/mol. The van der Waals surface area contributed by atoms with Gasteiger partial charge in [-0.15, -0.1) is 0 Å². The van der Waals surface area contributed by atoms with Crippen molar-refractivity contribution in [1.29, 1.82) is 0 Å². The minimum Gasteiger partial charge on any atom is -0.427 e. The molecule has 0 aliphatic heterocycles. The van der Waals surface area contributed by atoms with Crippen molar-refractivity contribution in [3.63, 3.8) is 0 Å². The maximum Gasteiger partial charge on any atom is 0.321 e. The quantitative estimate of drug-likeness (QED) is 0.659. The molecule has 2 amide bonds. The van der Waals surface area contributed by atoms with Gasteiger partial charge in [-0.3, -0.25) is 4.79 Å². The standard InChI is InChI=1S/C13H18N2O3/c1-4-15(5-2)13(17)14-11-7-6-8-12(9-11)18-10(3)16/h6-9H,4-5H2,1-3H3,(H,14,17). The highest BCUT2D eigenvalue weighted by Gasteiger charge is 2.09. The number of anilines is 1. The molecule has 1 aromatic carbocycles. The lowest BCUT2D eigenvalue weighted by Gasteiger charge is -2.19. The fourth-order valence-corrected chi connectivity index (χ4v) is 1.52. The van der Waals surface area contributed by atoms with Crippen molar-refractivity contribution in [3.8, 4) is 5.75 Å². The minimum absolute atomic E-state index is 0.167. The molecule has 98 valence electrons. The van der Waals surface area contributed by atoms with E-state index in [1.54, 1.807) is 29.2 Å². The highest BCUT2D eigenvalue weighted by atomic mass is 16.5. The van der Waals surface area contributed by atoms with Gasteiger partial charge in [-0.05, 0) is 26.0 Å². The highest BCUT2D eigenvalue weighted by molar-refractivity contribution is 5.89. The topological polar surface area (TPSA) is 58.6 Å². The molecule has 0 saturated heterocycles. The third-order valence-corrected chi connectivity index (χ3v) is 2.40. The van der Waals surface area contributed by atoms with Gasteiger partial charge in [0.2, 0.25) is 0 Å². The van der Waals surface area contributed by atoms with Gasteiger partial charge in [0.25, 0.3) is 0 Å². The zero-order valence-corrected chi connectivity index (χ0v) is 10.9. The van der Waals surface area contributed by atoms with E-state index in [4.69, 9.17) is 4.74 Å². The van der Waals surface area contributed by atoms with E-state index in [9.17, 15) is 9.59 Å². The number of amides is 2. The molecule has 1 aromatic rings. The van der Waals surface area contributed by atoms with Crippen LogP contribution in [0.3, 0.4) is 0 Å². The van der Waals surface area contributed by atoms with Crippen molar-refractivity contribution in [1.82, 2.24) is 4.90 Å². The molecule has 0 aliphatic carbocycles. The van der Waals surface area contributed by atoms with Crippen LogP contribution < -0.4 is 10.1 Å². The Balaban J connectivity index is 2.72. The van der Waals surface area contributed by atoms with Crippen LogP contribution in [0, 0.1) is 0 Å². The number of hydrogen-bond donors (Lipinski definition) is 1. The van der Waals surface area contributed by atoms with Crippen molar-refractivity contribution in [2.45, 2.75) is 20.8 Å². The number of hydrogen-bond acceptors (Lipinski definition) is 3. The van der Waals surface area contributed by atoms with E-state index in [0.29, 0.717) is 24.5 Å². The largest absolute Gasteiger partial charge is 0.427 e. The Hall–Kier alpha value is -2.04. The summed E-state index contributed by atoms with van der Waals surface area (Å²) in [7, 11) is 0. The number of carbonyl (C=O) groups excluding carboxylic acids is 2. The summed E-state index contributed by atoms with van der Waals surface area (Å²) in [5.41, 5.74) is 0.602. The second kappa shape index (κ2) is 6.64. The number of rotatable bonds is 4. The van der Waals surface area contributed by atoms with Crippen LogP contribution >= 0.6 is 0 Å². The molecule has 1 N–H and O–H groups in total. The second-order valence-electron chi connectivity index (χ2n) is 3.72. The number of benzene rings is 1. The van der Waals surface area contributed by atoms with Gasteiger partial charge in [0, 0.05) is 31.8 Å². The van der Waals surface area contributed by atoms with Crippen LogP contribution in [0.1, 0.15) is 20.8 Å². The maximum absolute atomic E-state index is 11.8. The number of nitrogens with zero attached hydrogens (tertiary/aromatic N) is 1. The fraction of sp³-hybridized carbons (Fsp3) is 0.385. The Morgan fingerprint density at radius 2 is 1.94 bits per heavy atom. The minimum atomic E-state index is -0.387. The molecular weight excluding hydrogens is 232 g/mol. The molecule has 0 unspecified atom stereocenters. The lowest BCUT2D eigenvalue weighted by atomic mass is 10.3. The average molecular weight is 250 g/mol. The predicted octanol–water partition coefficient (Wildman–Crippen LogP) is 2.49. The normalized spacial score (nSPS) is 9.72. The van der Waals surface area contributed by atoms with E-state index in [2.05, 4.69) is 5.32 Å². The summed E-state index contributed by atoms with van der Waals surface area (Å²) in [5.74, 6) is 0.0297. The first-order valence-electron chi connectivity index (χ1n) is 5.91. The molecule has 5 nitrogen and oxygen atoms in total. The van der Waals surface area contributed by atoms with Crippen molar-refractivity contribution in [2.75, 3.05) is 18.4 Å². The number of carbonyl (C=O) groups is 2. The first-order chi connectivity index (χ1) is 8.56. The zero-order chi connectivity index (χ0) is 13.5. The van der Waals surface area contributed by atoms with Gasteiger partial charge in [-0.2, -0.15) is 0 Å². The smallest absolute Gasteiger partial charge is 0.321 e. The molecule has 18 heavy (non-hydrogen) atoms. The Morgan fingerprint density at radius 3 is 2.50 bits per heavy atom. The summed E-state index contributed by atoms with van der Waals surface area (Å²) >= 11 is 0. The van der Waals surface area contributed by atoms with Crippen LogP contribution in [-0.4, -0.2) is 30.0 Å². The number of ether oxygens (including phenoxy) is 1. The Labute approximate surface area is 107 Å². The molecule has 0 aliphatic rings. The molecule has 0 bridgehead atoms. The van der Waals surface area contributed by atoms with E-state index in [1.807, 2.05) is 13.8 Å². The van der Waals surface area contributed by atoms with Crippen molar-refractivity contribution in [2.24, 2.45) is 0 Å². The number of esters is 1. The molecule has 5 heteroatoms. The molecule has 0 aromatic heterocycles. The van der Waals surface area contributed by atoms with Gasteiger partial charge in [0.15, 0.2) is 0 Å². The molecule has 0 atom stereocenters. The van der Waals surface area contributed by atoms with Gasteiger partial charge >= 0.3 is 12.0 Å². The summed E-state index contributed by atoms with van der Waals surface area (Å²) in [6.45, 7) is 6.45. The first-order valence-corrected chi connectivity index (χ1v) is 5.91. The number of urea groups is 1. The Kier molecular flexibility index (Phi) is 5.17. The highest BCUT2D eigenvalue weighted by Crippen LogP contribution is 2.17. The van der Waals surface area contributed by atoms with Crippen LogP contribution in [0.5, 0.6) is 5.75 Å². The Morgan fingerprint density at radius 1 is 1.28 bits per heavy atom. The molecule has 0 radical (unpaired) electrons. The molecule has 0 saturated carbocycles. The van der Waals surface area contributed by atoms with Crippen LogP contribution in [0.15, 0.2) is 24.3 Å². The van der Waals surface area contributed by atoms with Crippen molar-refractivity contribution >= 4 is 17.7 Å². The van der Waals surface area contributed by atoms with E-state index < -0.39 is 0 Å². The lowest BCUT2D eigenvalue weighted by Crippen LogP contribution is -2.34. The van der Waals surface area contributed by atoms with E-state index in [-0.39, 0.29) is 12.0 Å². The van der Waals surface area contributed by atoms with Crippen molar-refractivity contribution in [3.05, 3.63) is 24.3 Å². The van der Waals surface area contributed by atoms with Crippen molar-refractivity contribution < 1.29 is 14.3 Å². The fourth-order valence-electron chi connectivity index (χ4n) is 1.52. The summed E-state index contributed by atoms with van der Waals surface area (Å²) in [5, 5.41) is 2.75. The molecular formula is C13H18N2O3. The van der Waals surface area contributed by atoms with Gasteiger partial charge in [0.05, 0.1) is 0 Å². The van der Waals surface area contributed by atoms with Crippen LogP contribution in [-0.2, 0) is 4.79 Å². The third-order valence-electron chi connectivity index (χ3n) is 2.40. The second-order valence-corrected chi connectivity index (χ2v) is 3.72. The summed E-state index contributed by atoms with van der Waals surface area (Å²) < 4.78 is 4.95. The molecule has 0 spiro atoms. The van der Waals surface area contributed by atoms with E-state index in [1.165, 1.54) is 6.92 Å². The summed E-state index contributed by atoms with van der Waals surface area (Å²) in [6, 6.07) is 6.57. The van der Waals surface area contributed by atoms with Gasteiger partial charge in [-0.1, -0.05) is 6.07 Å². The lowest BCUT2D eigenvalue weighted by molar-refractivity contribution is -0.131. The summed E-state index contributed by atoms with van der Waals surface area (Å²) in [4.78, 5) is 24.3. The van der Waals surface area contributed by atoms with E-state index in [0.717, 1.165) is 0 Å². The average Bonchev–Trinajstić information content (AvgIpc) is 2.30. The SMILES string of the molecule is CCN(CC)C(=O)Nc1cccc(OC(C)=O)c1. The van der Waals surface area contributed by atoms with Crippen LogP contribution in [0.2, 0.25) is 0 Å². The first kappa shape index (κ1) is 14.0. The van der Waals surface area contributed by atoms with E-state index >= 15 is 0 Å². The molecule has 1 rings (SSSR count).